The maximum atomic E-state index is 12.0. The van der Waals surface area contributed by atoms with Gasteiger partial charge in [-0.3, -0.25) is 4.79 Å². The summed E-state index contributed by atoms with van der Waals surface area (Å²) in [7, 11) is -3.44. The Morgan fingerprint density at radius 1 is 1.38 bits per heavy atom. The smallest absolute Gasteiger partial charge is 0.220 e. The van der Waals surface area contributed by atoms with Gasteiger partial charge in [0.25, 0.3) is 0 Å². The number of carbonyl (C=O) groups excluding carboxylic acids is 1. The molecule has 1 saturated heterocycles. The van der Waals surface area contributed by atoms with Gasteiger partial charge in [0.05, 0.1) is 5.75 Å². The van der Waals surface area contributed by atoms with E-state index in [0.29, 0.717) is 24.0 Å². The van der Waals surface area contributed by atoms with Crippen LogP contribution in [0.5, 0.6) is 0 Å². The molecule has 1 aromatic rings. The van der Waals surface area contributed by atoms with Crippen molar-refractivity contribution < 1.29 is 13.2 Å². The summed E-state index contributed by atoms with van der Waals surface area (Å²) in [5.41, 5.74) is 6.84. The van der Waals surface area contributed by atoms with Crippen LogP contribution in [-0.2, 0) is 20.6 Å². The van der Waals surface area contributed by atoms with Gasteiger partial charge in [0.15, 0.2) is 0 Å². The SMILES string of the molecule is NC(=S)c1ccc(CS(=O)(=O)NCC2CCC(=O)N2)cc1. The Bertz CT molecular complexity index is 641. The standard InChI is InChI=1S/C13H17N3O3S2/c14-13(20)10-3-1-9(2-4-10)8-21(18,19)15-7-11-5-6-12(17)16-11/h1-4,11,15H,5-8H2,(H2,14,20)(H,16,17). The molecule has 0 spiro atoms. The largest absolute Gasteiger partial charge is 0.389 e. The molecule has 1 aliphatic rings. The first-order valence-corrected chi connectivity index (χ1v) is 8.57. The van der Waals surface area contributed by atoms with Gasteiger partial charge in [0, 0.05) is 24.6 Å². The molecular formula is C13H17N3O3S2. The molecule has 1 heterocycles. The van der Waals surface area contributed by atoms with E-state index in [-0.39, 0.29) is 29.2 Å². The molecule has 8 heteroatoms. The van der Waals surface area contributed by atoms with Crippen molar-refractivity contribution in [1.29, 1.82) is 0 Å². The van der Waals surface area contributed by atoms with Crippen LogP contribution < -0.4 is 15.8 Å². The molecule has 1 fully saturated rings. The minimum atomic E-state index is -3.44. The highest BCUT2D eigenvalue weighted by Crippen LogP contribution is 2.09. The van der Waals surface area contributed by atoms with Gasteiger partial charge in [0.2, 0.25) is 15.9 Å². The van der Waals surface area contributed by atoms with E-state index in [1.165, 1.54) is 0 Å². The van der Waals surface area contributed by atoms with Gasteiger partial charge >= 0.3 is 0 Å². The van der Waals surface area contributed by atoms with Crippen molar-refractivity contribution in [3.05, 3.63) is 35.4 Å². The van der Waals surface area contributed by atoms with Crippen LogP contribution >= 0.6 is 12.2 Å². The van der Waals surface area contributed by atoms with Crippen molar-refractivity contribution >= 4 is 33.1 Å². The van der Waals surface area contributed by atoms with Crippen molar-refractivity contribution in [2.24, 2.45) is 5.73 Å². The number of carbonyl (C=O) groups is 1. The van der Waals surface area contributed by atoms with E-state index in [1.54, 1.807) is 24.3 Å². The minimum Gasteiger partial charge on any atom is -0.389 e. The lowest BCUT2D eigenvalue weighted by Gasteiger charge is -2.12. The van der Waals surface area contributed by atoms with Gasteiger partial charge < -0.3 is 11.1 Å². The number of nitrogens with two attached hydrogens (primary N) is 1. The minimum absolute atomic E-state index is 0.0347. The molecule has 114 valence electrons. The van der Waals surface area contributed by atoms with Gasteiger partial charge in [-0.15, -0.1) is 0 Å². The maximum absolute atomic E-state index is 12.0. The van der Waals surface area contributed by atoms with Crippen LogP contribution in [-0.4, -0.2) is 31.9 Å². The van der Waals surface area contributed by atoms with Crippen LogP contribution in [0.3, 0.4) is 0 Å². The second kappa shape index (κ2) is 6.50. The lowest BCUT2D eigenvalue weighted by Crippen LogP contribution is -2.38. The Kier molecular flexibility index (Phi) is 4.92. The van der Waals surface area contributed by atoms with Crippen molar-refractivity contribution in [3.63, 3.8) is 0 Å². The molecule has 1 unspecified atom stereocenters. The molecule has 2 rings (SSSR count). The number of sulfonamides is 1. The number of rotatable bonds is 6. The summed E-state index contributed by atoms with van der Waals surface area (Å²) in [5.74, 6) is -0.154. The molecule has 6 nitrogen and oxygen atoms in total. The van der Waals surface area contributed by atoms with Gasteiger partial charge in [-0.05, 0) is 12.0 Å². The molecule has 21 heavy (non-hydrogen) atoms. The number of nitrogens with one attached hydrogen (secondary N) is 2. The lowest BCUT2D eigenvalue weighted by molar-refractivity contribution is -0.119. The Morgan fingerprint density at radius 3 is 2.57 bits per heavy atom. The summed E-state index contributed by atoms with van der Waals surface area (Å²) in [6.07, 6.45) is 1.11. The van der Waals surface area contributed by atoms with Crippen LogP contribution in [0.2, 0.25) is 0 Å². The fraction of sp³-hybridized carbons (Fsp3) is 0.385. The Labute approximate surface area is 129 Å². The Balaban J connectivity index is 1.91. The highest BCUT2D eigenvalue weighted by Gasteiger charge is 2.22. The second-order valence-corrected chi connectivity index (χ2v) is 7.22. The van der Waals surface area contributed by atoms with Crippen LogP contribution in [0, 0.1) is 0 Å². The Morgan fingerprint density at radius 2 is 2.05 bits per heavy atom. The molecule has 4 N–H and O–H groups in total. The van der Waals surface area contributed by atoms with E-state index in [1.807, 2.05) is 0 Å². The zero-order valence-electron chi connectivity index (χ0n) is 11.3. The first-order valence-electron chi connectivity index (χ1n) is 6.51. The summed E-state index contributed by atoms with van der Waals surface area (Å²) >= 11 is 4.84. The van der Waals surface area contributed by atoms with Crippen molar-refractivity contribution in [2.45, 2.75) is 24.6 Å². The zero-order chi connectivity index (χ0) is 15.5. The molecule has 1 atom stereocenters. The first kappa shape index (κ1) is 15.9. The Hall–Kier alpha value is -1.51. The van der Waals surface area contributed by atoms with Crippen molar-refractivity contribution in [1.82, 2.24) is 10.0 Å². The van der Waals surface area contributed by atoms with E-state index < -0.39 is 10.0 Å². The highest BCUT2D eigenvalue weighted by molar-refractivity contribution is 7.88. The van der Waals surface area contributed by atoms with Crippen LogP contribution in [0.1, 0.15) is 24.0 Å². The zero-order valence-corrected chi connectivity index (χ0v) is 13.0. The fourth-order valence-corrected chi connectivity index (χ4v) is 3.42. The number of amides is 1. The van der Waals surface area contributed by atoms with Gasteiger partial charge in [0.1, 0.15) is 4.99 Å². The van der Waals surface area contributed by atoms with Gasteiger partial charge in [-0.25, -0.2) is 13.1 Å². The predicted octanol–water partition coefficient (Wildman–Crippen LogP) is 0.0188. The second-order valence-electron chi connectivity index (χ2n) is 4.97. The van der Waals surface area contributed by atoms with Gasteiger partial charge in [-0.2, -0.15) is 0 Å². The van der Waals surface area contributed by atoms with E-state index in [2.05, 4.69) is 10.0 Å². The average molecular weight is 327 g/mol. The third-order valence-electron chi connectivity index (χ3n) is 3.23. The summed E-state index contributed by atoms with van der Waals surface area (Å²) in [6, 6.07) is 6.65. The third-order valence-corrected chi connectivity index (χ3v) is 4.79. The molecular weight excluding hydrogens is 310 g/mol. The van der Waals surface area contributed by atoms with Crippen molar-refractivity contribution in [3.8, 4) is 0 Å². The lowest BCUT2D eigenvalue weighted by atomic mass is 10.1. The van der Waals surface area contributed by atoms with E-state index >= 15 is 0 Å². The molecule has 1 aliphatic heterocycles. The molecule has 1 aromatic carbocycles. The summed E-state index contributed by atoms with van der Waals surface area (Å²) in [4.78, 5) is 11.3. The molecule has 0 aromatic heterocycles. The number of hydrogen-bond donors (Lipinski definition) is 3. The van der Waals surface area contributed by atoms with Crippen LogP contribution in [0.4, 0.5) is 0 Å². The molecule has 0 radical (unpaired) electrons. The highest BCUT2D eigenvalue weighted by atomic mass is 32.2. The van der Waals surface area contributed by atoms with E-state index in [4.69, 9.17) is 18.0 Å². The number of hydrogen-bond acceptors (Lipinski definition) is 4. The monoisotopic (exact) mass is 327 g/mol. The molecule has 0 aliphatic carbocycles. The molecule has 0 bridgehead atoms. The quantitative estimate of drug-likeness (QED) is 0.639. The fourth-order valence-electron chi connectivity index (χ4n) is 2.09. The average Bonchev–Trinajstić information content (AvgIpc) is 2.83. The van der Waals surface area contributed by atoms with Gasteiger partial charge in [-0.1, -0.05) is 36.5 Å². The summed E-state index contributed by atoms with van der Waals surface area (Å²) < 4.78 is 26.5. The third kappa shape index (κ3) is 4.76. The summed E-state index contributed by atoms with van der Waals surface area (Å²) in [5, 5.41) is 2.72. The van der Waals surface area contributed by atoms with Crippen LogP contribution in [0.15, 0.2) is 24.3 Å². The number of thiocarbonyl (C=S) groups is 1. The number of benzene rings is 1. The first-order chi connectivity index (χ1) is 9.85. The topological polar surface area (TPSA) is 101 Å². The molecule has 1 amide bonds. The normalized spacial score (nSPS) is 18.5. The van der Waals surface area contributed by atoms with Crippen molar-refractivity contribution in [2.75, 3.05) is 6.54 Å². The van der Waals surface area contributed by atoms with E-state index in [0.717, 1.165) is 0 Å². The molecule has 0 saturated carbocycles. The predicted molar refractivity (Wildman–Crippen MR) is 84.1 cm³/mol. The maximum Gasteiger partial charge on any atom is 0.220 e. The van der Waals surface area contributed by atoms with Crippen LogP contribution in [0.25, 0.3) is 0 Å². The van der Waals surface area contributed by atoms with E-state index in [9.17, 15) is 13.2 Å². The summed E-state index contributed by atoms with van der Waals surface area (Å²) in [6.45, 7) is 0.221.